The molecule has 0 unspecified atom stereocenters. The van der Waals surface area contributed by atoms with E-state index in [4.69, 9.17) is 9.47 Å². The second-order valence-corrected chi connectivity index (χ2v) is 7.39. The minimum absolute atomic E-state index is 0.248. The minimum atomic E-state index is -0.248. The lowest BCUT2D eigenvalue weighted by Gasteiger charge is -2.33. The molecule has 7 nitrogen and oxygen atoms in total. The molecule has 4 rings (SSSR count). The third-order valence-corrected chi connectivity index (χ3v) is 5.19. The summed E-state index contributed by atoms with van der Waals surface area (Å²) < 4.78 is 11.0. The monoisotopic (exact) mass is 396 g/mol. The van der Waals surface area contributed by atoms with E-state index in [1.807, 2.05) is 43.3 Å². The zero-order chi connectivity index (χ0) is 20.1. The number of anilines is 4. The van der Waals surface area contributed by atoms with Gasteiger partial charge in [-0.05, 0) is 42.8 Å². The van der Waals surface area contributed by atoms with Crippen LogP contribution in [-0.2, 0) is 9.47 Å². The fourth-order valence-electron chi connectivity index (χ4n) is 3.69. The Morgan fingerprint density at radius 2 is 1.34 bits per heavy atom. The van der Waals surface area contributed by atoms with Crippen LogP contribution in [0.15, 0.2) is 42.5 Å². The highest BCUT2D eigenvalue weighted by Gasteiger charge is 2.17. The molecule has 2 aliphatic heterocycles. The van der Waals surface area contributed by atoms with Crippen molar-refractivity contribution in [3.8, 4) is 0 Å². The second-order valence-electron chi connectivity index (χ2n) is 7.39. The molecule has 154 valence electrons. The molecule has 2 aromatic carbocycles. The summed E-state index contributed by atoms with van der Waals surface area (Å²) in [5.41, 5.74) is 4.86. The number of hydrogen-bond acceptors (Lipinski definition) is 5. The van der Waals surface area contributed by atoms with Gasteiger partial charge < -0.3 is 29.9 Å². The molecule has 7 heteroatoms. The number of urea groups is 1. The highest BCUT2D eigenvalue weighted by Crippen LogP contribution is 2.29. The Bertz CT molecular complexity index is 809. The van der Waals surface area contributed by atoms with Crippen molar-refractivity contribution in [1.82, 2.24) is 0 Å². The predicted octanol–water partition coefficient (Wildman–Crippen LogP) is 3.31. The van der Waals surface area contributed by atoms with Crippen LogP contribution in [0.3, 0.4) is 0 Å². The van der Waals surface area contributed by atoms with Crippen molar-refractivity contribution < 1.29 is 14.3 Å². The summed E-state index contributed by atoms with van der Waals surface area (Å²) in [7, 11) is 0. The molecule has 0 radical (unpaired) electrons. The summed E-state index contributed by atoms with van der Waals surface area (Å²) in [5, 5.41) is 5.91. The van der Waals surface area contributed by atoms with Gasteiger partial charge in [-0.3, -0.25) is 0 Å². The number of benzene rings is 2. The topological polar surface area (TPSA) is 66.1 Å². The van der Waals surface area contributed by atoms with Crippen molar-refractivity contribution in [1.29, 1.82) is 0 Å². The standard InChI is InChI=1S/C22H28N4O3/c1-17-3-2-4-18(13-17)23-22(27)24-19-14-20(25-5-9-28-10-6-25)16-21(15-19)26-7-11-29-12-8-26/h2-4,13-16H,5-12H2,1H3,(H2,23,24,27). The number of rotatable bonds is 4. The number of carbonyl (C=O) groups is 1. The first-order chi connectivity index (χ1) is 14.2. The van der Waals surface area contributed by atoms with Gasteiger partial charge in [-0.15, -0.1) is 0 Å². The zero-order valence-electron chi connectivity index (χ0n) is 16.8. The SMILES string of the molecule is Cc1cccc(NC(=O)Nc2cc(N3CCOCC3)cc(N3CCOCC3)c2)c1. The Kier molecular flexibility index (Phi) is 6.17. The second kappa shape index (κ2) is 9.15. The van der Waals surface area contributed by atoms with E-state index in [9.17, 15) is 4.79 Å². The third-order valence-electron chi connectivity index (χ3n) is 5.19. The molecule has 2 aromatic rings. The molecule has 0 aromatic heterocycles. The van der Waals surface area contributed by atoms with Crippen LogP contribution < -0.4 is 20.4 Å². The molecule has 2 aliphatic rings. The van der Waals surface area contributed by atoms with E-state index in [2.05, 4.69) is 26.5 Å². The van der Waals surface area contributed by atoms with E-state index < -0.39 is 0 Å². The zero-order valence-corrected chi connectivity index (χ0v) is 16.8. The van der Waals surface area contributed by atoms with Crippen LogP contribution >= 0.6 is 0 Å². The Labute approximate surface area is 171 Å². The number of carbonyl (C=O) groups excluding carboxylic acids is 1. The normalized spacial score (nSPS) is 17.1. The Morgan fingerprint density at radius 3 is 1.90 bits per heavy atom. The van der Waals surface area contributed by atoms with Gasteiger partial charge in [0.15, 0.2) is 0 Å². The van der Waals surface area contributed by atoms with Gasteiger partial charge in [0.1, 0.15) is 0 Å². The van der Waals surface area contributed by atoms with Crippen LogP contribution in [-0.4, -0.2) is 58.6 Å². The Hall–Kier alpha value is -2.77. The van der Waals surface area contributed by atoms with Gasteiger partial charge in [0.25, 0.3) is 0 Å². The van der Waals surface area contributed by atoms with Gasteiger partial charge in [-0.2, -0.15) is 0 Å². The molecule has 0 saturated carbocycles. The predicted molar refractivity (Wildman–Crippen MR) is 116 cm³/mol. The van der Waals surface area contributed by atoms with Crippen LogP contribution in [0, 0.1) is 6.92 Å². The van der Waals surface area contributed by atoms with E-state index >= 15 is 0 Å². The van der Waals surface area contributed by atoms with Gasteiger partial charge in [-0.1, -0.05) is 12.1 Å². The Morgan fingerprint density at radius 1 is 0.793 bits per heavy atom. The van der Waals surface area contributed by atoms with E-state index in [1.165, 1.54) is 0 Å². The third kappa shape index (κ3) is 5.19. The molecule has 0 atom stereocenters. The lowest BCUT2D eigenvalue weighted by atomic mass is 10.2. The van der Waals surface area contributed by atoms with Gasteiger partial charge in [0, 0.05) is 48.9 Å². The summed E-state index contributed by atoms with van der Waals surface area (Å²) in [4.78, 5) is 17.2. The Balaban J connectivity index is 1.54. The van der Waals surface area contributed by atoms with E-state index in [-0.39, 0.29) is 6.03 Å². The molecule has 2 heterocycles. The summed E-state index contributed by atoms with van der Waals surface area (Å²) in [6.45, 7) is 8.28. The molecule has 0 aliphatic carbocycles. The van der Waals surface area contributed by atoms with Crippen molar-refractivity contribution in [2.24, 2.45) is 0 Å². The summed E-state index contributed by atoms with van der Waals surface area (Å²) in [5.74, 6) is 0. The maximum absolute atomic E-state index is 12.6. The quantitative estimate of drug-likeness (QED) is 0.830. The number of nitrogens with one attached hydrogen (secondary N) is 2. The van der Waals surface area contributed by atoms with E-state index in [0.717, 1.165) is 80.9 Å². The van der Waals surface area contributed by atoms with Crippen molar-refractivity contribution in [3.63, 3.8) is 0 Å². The van der Waals surface area contributed by atoms with Crippen molar-refractivity contribution in [2.75, 3.05) is 73.0 Å². The maximum Gasteiger partial charge on any atom is 0.323 e. The molecule has 29 heavy (non-hydrogen) atoms. The number of hydrogen-bond donors (Lipinski definition) is 2. The lowest BCUT2D eigenvalue weighted by molar-refractivity contribution is 0.122. The highest BCUT2D eigenvalue weighted by molar-refractivity contribution is 6.00. The number of ether oxygens (including phenoxy) is 2. The van der Waals surface area contributed by atoms with Crippen LogP contribution in [0.4, 0.5) is 27.5 Å². The highest BCUT2D eigenvalue weighted by atomic mass is 16.5. The summed E-state index contributed by atoms with van der Waals surface area (Å²) >= 11 is 0. The number of aryl methyl sites for hydroxylation is 1. The van der Waals surface area contributed by atoms with Gasteiger partial charge in [0.05, 0.1) is 26.4 Å². The number of morpholine rings is 2. The molecular weight excluding hydrogens is 368 g/mol. The van der Waals surface area contributed by atoms with Crippen molar-refractivity contribution in [2.45, 2.75) is 6.92 Å². The number of nitrogens with zero attached hydrogens (tertiary/aromatic N) is 2. The van der Waals surface area contributed by atoms with Gasteiger partial charge in [0.2, 0.25) is 0 Å². The average molecular weight is 396 g/mol. The average Bonchev–Trinajstić information content (AvgIpc) is 2.75. The van der Waals surface area contributed by atoms with Gasteiger partial charge >= 0.3 is 6.03 Å². The molecule has 0 spiro atoms. The molecule has 2 fully saturated rings. The van der Waals surface area contributed by atoms with E-state index in [0.29, 0.717) is 0 Å². The first-order valence-corrected chi connectivity index (χ1v) is 10.1. The summed E-state index contributed by atoms with van der Waals surface area (Å²) in [6, 6.07) is 13.8. The smallest absolute Gasteiger partial charge is 0.323 e. The lowest BCUT2D eigenvalue weighted by Crippen LogP contribution is -2.38. The first-order valence-electron chi connectivity index (χ1n) is 10.1. The van der Waals surface area contributed by atoms with Crippen LogP contribution in [0.2, 0.25) is 0 Å². The minimum Gasteiger partial charge on any atom is -0.378 e. The largest absolute Gasteiger partial charge is 0.378 e. The van der Waals surface area contributed by atoms with Crippen molar-refractivity contribution in [3.05, 3.63) is 48.0 Å². The molecule has 2 amide bonds. The van der Waals surface area contributed by atoms with Crippen molar-refractivity contribution >= 4 is 28.8 Å². The van der Waals surface area contributed by atoms with Crippen LogP contribution in [0.1, 0.15) is 5.56 Å². The fourth-order valence-corrected chi connectivity index (χ4v) is 3.69. The molecular formula is C22H28N4O3. The summed E-state index contributed by atoms with van der Waals surface area (Å²) in [6.07, 6.45) is 0. The van der Waals surface area contributed by atoms with Gasteiger partial charge in [-0.25, -0.2) is 4.79 Å². The molecule has 2 N–H and O–H groups in total. The fraction of sp³-hybridized carbons (Fsp3) is 0.409. The van der Waals surface area contributed by atoms with Crippen LogP contribution in [0.5, 0.6) is 0 Å². The first kappa shape index (κ1) is 19.5. The molecule has 0 bridgehead atoms. The number of amides is 2. The maximum atomic E-state index is 12.6. The van der Waals surface area contributed by atoms with Crippen LogP contribution in [0.25, 0.3) is 0 Å². The molecule has 2 saturated heterocycles. The van der Waals surface area contributed by atoms with E-state index in [1.54, 1.807) is 0 Å².